The van der Waals surface area contributed by atoms with Crippen molar-refractivity contribution in [2.45, 2.75) is 50.3 Å². The van der Waals surface area contributed by atoms with Gasteiger partial charge >= 0.3 is 0 Å². The van der Waals surface area contributed by atoms with Gasteiger partial charge in [0.25, 0.3) is 5.69 Å². The van der Waals surface area contributed by atoms with E-state index in [0.717, 1.165) is 6.07 Å². The summed E-state index contributed by atoms with van der Waals surface area (Å²) in [5, 5.41) is 34.2. The van der Waals surface area contributed by atoms with Gasteiger partial charge in [0.2, 0.25) is 10.0 Å². The normalized spacial score (nSPS) is 14.2. The van der Waals surface area contributed by atoms with E-state index in [0.29, 0.717) is 5.56 Å². The van der Waals surface area contributed by atoms with Crippen molar-refractivity contribution in [1.82, 2.24) is 4.72 Å². The minimum absolute atomic E-state index is 0.0536. The second-order valence-electron chi connectivity index (χ2n) is 7.76. The van der Waals surface area contributed by atoms with Crippen molar-refractivity contribution >= 4 is 21.4 Å². The van der Waals surface area contributed by atoms with Crippen LogP contribution in [-0.4, -0.2) is 35.1 Å². The first-order valence-corrected chi connectivity index (χ1v) is 10.3. The number of hydrogen-bond donors (Lipinski definition) is 4. The number of rotatable bonds is 7. The number of nitrogens with one attached hydrogen (secondary N) is 2. The van der Waals surface area contributed by atoms with Gasteiger partial charge in [-0.2, -0.15) is 0 Å². The number of nitro benzene ring substituents is 1. The molecule has 0 radical (unpaired) electrons. The van der Waals surface area contributed by atoms with Crippen LogP contribution in [0.15, 0.2) is 47.4 Å². The molecule has 4 N–H and O–H groups in total. The van der Waals surface area contributed by atoms with Crippen molar-refractivity contribution in [3.05, 3.63) is 58.1 Å². The van der Waals surface area contributed by atoms with Gasteiger partial charge in [0.05, 0.1) is 22.0 Å². The lowest BCUT2D eigenvalue weighted by molar-refractivity contribution is -0.384. The van der Waals surface area contributed by atoms with Gasteiger partial charge in [0.15, 0.2) is 0 Å². The molecular formula is C19H25N3O6S. The highest BCUT2D eigenvalue weighted by atomic mass is 32.2. The number of aliphatic hydroxyl groups is 1. The van der Waals surface area contributed by atoms with Crippen LogP contribution in [0.5, 0.6) is 5.75 Å². The van der Waals surface area contributed by atoms with Crippen LogP contribution in [0, 0.1) is 10.1 Å². The Kier molecular flexibility index (Phi) is 6.51. The quantitative estimate of drug-likeness (QED) is 0.396. The van der Waals surface area contributed by atoms with Gasteiger partial charge in [-0.3, -0.25) is 10.1 Å². The van der Waals surface area contributed by atoms with Crippen LogP contribution in [0.2, 0.25) is 0 Å². The van der Waals surface area contributed by atoms with Crippen LogP contribution < -0.4 is 10.0 Å². The molecule has 0 saturated carbocycles. The highest BCUT2D eigenvalue weighted by molar-refractivity contribution is 7.89. The number of nitrogens with zero attached hydrogens (tertiary/aromatic N) is 1. The molecule has 0 heterocycles. The predicted octanol–water partition coefficient (Wildman–Crippen LogP) is 2.91. The molecule has 0 aliphatic heterocycles. The molecule has 2 aromatic rings. The smallest absolute Gasteiger partial charge is 0.293 e. The number of aromatic hydroxyl groups is 1. The van der Waals surface area contributed by atoms with Crippen LogP contribution in [0.25, 0.3) is 0 Å². The maximum atomic E-state index is 12.5. The lowest BCUT2D eigenvalue weighted by Gasteiger charge is -2.22. The zero-order valence-electron chi connectivity index (χ0n) is 16.6. The lowest BCUT2D eigenvalue weighted by atomic mass is 10.0. The Labute approximate surface area is 169 Å². The third-order valence-corrected chi connectivity index (χ3v) is 5.76. The van der Waals surface area contributed by atoms with E-state index in [1.807, 2.05) is 0 Å². The van der Waals surface area contributed by atoms with E-state index in [4.69, 9.17) is 0 Å². The number of anilines is 1. The van der Waals surface area contributed by atoms with Gasteiger partial charge in [-0.05, 0) is 57.5 Å². The summed E-state index contributed by atoms with van der Waals surface area (Å²) in [5.74, 6) is 0.0536. The molecule has 0 aromatic heterocycles. The molecular weight excluding hydrogens is 398 g/mol. The summed E-state index contributed by atoms with van der Waals surface area (Å²) in [6.45, 7) is 6.64. The minimum atomic E-state index is -3.94. The molecule has 0 aliphatic rings. The van der Waals surface area contributed by atoms with Crippen LogP contribution in [0.1, 0.15) is 39.4 Å². The van der Waals surface area contributed by atoms with E-state index < -0.39 is 38.3 Å². The second-order valence-corrected chi connectivity index (χ2v) is 9.44. The van der Waals surface area contributed by atoms with Crippen molar-refractivity contribution in [2.24, 2.45) is 0 Å². The number of phenols is 1. The predicted molar refractivity (Wildman–Crippen MR) is 109 cm³/mol. The van der Waals surface area contributed by atoms with E-state index in [1.165, 1.54) is 24.3 Å². The molecule has 0 saturated heterocycles. The summed E-state index contributed by atoms with van der Waals surface area (Å²) in [5.41, 5.74) is -0.576. The molecule has 2 aromatic carbocycles. The third kappa shape index (κ3) is 5.89. The molecule has 10 heteroatoms. The van der Waals surface area contributed by atoms with Gasteiger partial charge in [0.1, 0.15) is 11.4 Å². The van der Waals surface area contributed by atoms with Crippen LogP contribution in [-0.2, 0) is 10.0 Å². The first kappa shape index (κ1) is 22.6. The Balaban J connectivity index is 2.31. The molecule has 158 valence electrons. The van der Waals surface area contributed by atoms with E-state index in [-0.39, 0.29) is 16.3 Å². The Morgan fingerprint density at radius 1 is 1.10 bits per heavy atom. The molecule has 0 fully saturated rings. The average Bonchev–Trinajstić information content (AvgIpc) is 2.59. The van der Waals surface area contributed by atoms with Crippen molar-refractivity contribution in [3.63, 3.8) is 0 Å². The third-order valence-electron chi connectivity index (χ3n) is 4.01. The Morgan fingerprint density at radius 3 is 2.21 bits per heavy atom. The standard InChI is InChI=1S/C19H25N3O6S/c1-12(18(24)13-5-7-14(23)8-6-13)20-16-10-9-15(11-17(16)22(25)26)29(27,28)21-19(2,3)4/h5-12,18,20-21,23-24H,1-4H3/t12-,18+/m0/s1. The van der Waals surface area contributed by atoms with Crippen molar-refractivity contribution in [1.29, 1.82) is 0 Å². The molecule has 0 amide bonds. The summed E-state index contributed by atoms with van der Waals surface area (Å²) in [6.07, 6.45) is -1.01. The van der Waals surface area contributed by atoms with Gasteiger partial charge in [-0.15, -0.1) is 0 Å². The fourth-order valence-electron chi connectivity index (χ4n) is 2.70. The maximum Gasteiger partial charge on any atom is 0.293 e. The van der Waals surface area contributed by atoms with Gasteiger partial charge < -0.3 is 15.5 Å². The highest BCUT2D eigenvalue weighted by Gasteiger charge is 2.27. The van der Waals surface area contributed by atoms with Crippen LogP contribution in [0.3, 0.4) is 0 Å². The molecule has 2 atom stereocenters. The van der Waals surface area contributed by atoms with Crippen molar-refractivity contribution < 1.29 is 23.6 Å². The van der Waals surface area contributed by atoms with E-state index in [9.17, 15) is 28.7 Å². The number of nitro groups is 1. The van der Waals surface area contributed by atoms with Gasteiger partial charge in [-0.1, -0.05) is 12.1 Å². The fraction of sp³-hybridized carbons (Fsp3) is 0.368. The van der Waals surface area contributed by atoms with Gasteiger partial charge in [0, 0.05) is 11.6 Å². The fourth-order valence-corrected chi connectivity index (χ4v) is 4.14. The Hall–Kier alpha value is -2.69. The number of phenolic OH excluding ortho intramolecular Hbond substituents is 1. The number of hydrogen-bond acceptors (Lipinski definition) is 7. The van der Waals surface area contributed by atoms with Crippen molar-refractivity contribution in [2.75, 3.05) is 5.32 Å². The number of sulfonamides is 1. The number of benzene rings is 2. The molecule has 0 spiro atoms. The summed E-state index contributed by atoms with van der Waals surface area (Å²) in [6, 6.07) is 8.86. The summed E-state index contributed by atoms with van der Waals surface area (Å²) >= 11 is 0. The largest absolute Gasteiger partial charge is 0.508 e. The lowest BCUT2D eigenvalue weighted by Crippen LogP contribution is -2.40. The maximum absolute atomic E-state index is 12.5. The monoisotopic (exact) mass is 423 g/mol. The topological polar surface area (TPSA) is 142 Å². The minimum Gasteiger partial charge on any atom is -0.508 e. The molecule has 29 heavy (non-hydrogen) atoms. The van der Waals surface area contributed by atoms with Crippen molar-refractivity contribution in [3.8, 4) is 5.75 Å². The Morgan fingerprint density at radius 2 is 1.69 bits per heavy atom. The molecule has 2 rings (SSSR count). The summed E-state index contributed by atoms with van der Waals surface area (Å²) in [4.78, 5) is 10.6. The van der Waals surface area contributed by atoms with Crippen LogP contribution in [0.4, 0.5) is 11.4 Å². The first-order valence-electron chi connectivity index (χ1n) is 8.86. The molecule has 0 aliphatic carbocycles. The summed E-state index contributed by atoms with van der Waals surface area (Å²) < 4.78 is 27.4. The highest BCUT2D eigenvalue weighted by Crippen LogP contribution is 2.30. The molecule has 9 nitrogen and oxygen atoms in total. The molecule has 0 bridgehead atoms. The number of aliphatic hydroxyl groups excluding tert-OH is 1. The Bertz CT molecular complexity index is 984. The first-order chi connectivity index (χ1) is 13.3. The summed E-state index contributed by atoms with van der Waals surface area (Å²) in [7, 11) is -3.94. The van der Waals surface area contributed by atoms with E-state index in [2.05, 4.69) is 10.0 Å². The molecule has 0 unspecified atom stereocenters. The van der Waals surface area contributed by atoms with E-state index in [1.54, 1.807) is 39.8 Å². The van der Waals surface area contributed by atoms with Gasteiger partial charge in [-0.25, -0.2) is 13.1 Å². The zero-order chi connectivity index (χ0) is 22.0. The van der Waals surface area contributed by atoms with E-state index >= 15 is 0 Å². The second kappa shape index (κ2) is 8.36. The SMILES string of the molecule is C[C@H](Nc1ccc(S(=O)(=O)NC(C)(C)C)cc1[N+](=O)[O-])[C@@H](O)c1ccc(O)cc1. The average molecular weight is 423 g/mol. The zero-order valence-corrected chi connectivity index (χ0v) is 17.4. The van der Waals surface area contributed by atoms with Crippen LogP contribution >= 0.6 is 0 Å².